The number of allylic oxidation sites excluding steroid dienone is 1. The van der Waals surface area contributed by atoms with Crippen LogP contribution < -0.4 is 16.1 Å². The Kier molecular flexibility index (Phi) is 5.05. The van der Waals surface area contributed by atoms with Crippen LogP contribution in [-0.4, -0.2) is 16.2 Å². The normalized spacial score (nSPS) is 15.2. The second-order valence-electron chi connectivity index (χ2n) is 6.02. The van der Waals surface area contributed by atoms with Gasteiger partial charge in [-0.05, 0) is 54.5 Å². The molecule has 0 radical (unpaired) electrons. The molecular weight excluding hydrogens is 419 g/mol. The molecule has 0 atom stereocenters. The van der Waals surface area contributed by atoms with Gasteiger partial charge in [-0.3, -0.25) is 5.43 Å². The molecule has 1 aromatic carbocycles. The van der Waals surface area contributed by atoms with Crippen molar-refractivity contribution in [1.82, 2.24) is 15.4 Å². The lowest BCUT2D eigenvalue weighted by molar-refractivity contribution is 0.483. The van der Waals surface area contributed by atoms with Crippen molar-refractivity contribution in [3.63, 3.8) is 0 Å². The van der Waals surface area contributed by atoms with E-state index < -0.39 is 5.63 Å². The topological polar surface area (TPSA) is 71.3 Å². The maximum Gasteiger partial charge on any atom is 0.347 e. The number of aromatic nitrogens is 2. The van der Waals surface area contributed by atoms with E-state index in [-0.39, 0.29) is 5.89 Å². The van der Waals surface area contributed by atoms with Crippen LogP contribution in [0.25, 0.3) is 16.6 Å². The molecule has 142 valence electrons. The summed E-state index contributed by atoms with van der Waals surface area (Å²) < 4.78 is 5.52. The zero-order valence-electron chi connectivity index (χ0n) is 14.9. The van der Waals surface area contributed by atoms with Gasteiger partial charge in [0.1, 0.15) is 5.70 Å². The van der Waals surface area contributed by atoms with Crippen molar-refractivity contribution in [3.05, 3.63) is 79.6 Å². The molecule has 6 nitrogen and oxygen atoms in total. The Morgan fingerprint density at radius 1 is 1.32 bits per heavy atom. The number of rotatable bonds is 3. The molecule has 2 aromatic heterocycles. The first kappa shape index (κ1) is 18.9. The minimum absolute atomic E-state index is 0.154. The maximum atomic E-state index is 12.6. The second-order valence-corrected chi connectivity index (χ2v) is 7.57. The summed E-state index contributed by atoms with van der Waals surface area (Å²) in [5.41, 5.74) is 5.32. The fourth-order valence-corrected chi connectivity index (χ4v) is 3.76. The largest absolute Gasteiger partial charge is 0.401 e. The summed E-state index contributed by atoms with van der Waals surface area (Å²) in [6, 6.07) is 6.79. The number of halogens is 2. The zero-order chi connectivity index (χ0) is 19.8. The van der Waals surface area contributed by atoms with E-state index in [1.54, 1.807) is 35.5 Å². The first-order valence-electron chi connectivity index (χ1n) is 8.21. The highest BCUT2D eigenvalue weighted by Gasteiger charge is 2.28. The number of benzene rings is 1. The van der Waals surface area contributed by atoms with Crippen molar-refractivity contribution in [1.29, 1.82) is 0 Å². The van der Waals surface area contributed by atoms with Crippen LogP contribution in [0.5, 0.6) is 0 Å². The molecule has 3 heterocycles. The van der Waals surface area contributed by atoms with E-state index >= 15 is 0 Å². The lowest BCUT2D eigenvalue weighted by Gasteiger charge is -2.21. The Labute approximate surface area is 174 Å². The van der Waals surface area contributed by atoms with E-state index in [9.17, 15) is 4.79 Å². The fourth-order valence-electron chi connectivity index (χ4n) is 2.90. The molecule has 1 aliphatic heterocycles. The fraction of sp³-hybridized carbons (Fsp3) is 0.105. The Morgan fingerprint density at radius 3 is 2.89 bits per heavy atom. The van der Waals surface area contributed by atoms with Crippen molar-refractivity contribution in [2.24, 2.45) is 0 Å². The minimum atomic E-state index is -0.513. The quantitative estimate of drug-likeness (QED) is 0.638. The van der Waals surface area contributed by atoms with Crippen molar-refractivity contribution in [2.75, 3.05) is 11.3 Å². The first-order valence-corrected chi connectivity index (χ1v) is 10.3. The van der Waals surface area contributed by atoms with Crippen molar-refractivity contribution < 1.29 is 4.42 Å². The summed E-state index contributed by atoms with van der Waals surface area (Å²) in [6.07, 6.45) is 5.40. The van der Waals surface area contributed by atoms with Gasteiger partial charge in [0.25, 0.3) is 0 Å². The molecule has 4 rings (SSSR count). The van der Waals surface area contributed by atoms with Crippen LogP contribution in [0, 0.1) is 6.92 Å². The van der Waals surface area contributed by atoms with Crippen LogP contribution in [0.2, 0.25) is 10.0 Å². The third kappa shape index (κ3) is 3.37. The summed E-state index contributed by atoms with van der Waals surface area (Å²) in [5.74, 6) is 0.624. The van der Waals surface area contributed by atoms with E-state index in [0.717, 1.165) is 11.3 Å². The molecule has 0 aliphatic carbocycles. The van der Waals surface area contributed by atoms with Crippen molar-refractivity contribution in [3.8, 4) is 0 Å². The smallest absolute Gasteiger partial charge is 0.347 e. The summed E-state index contributed by atoms with van der Waals surface area (Å²) in [6.45, 7) is 1.85. The van der Waals surface area contributed by atoms with Crippen LogP contribution in [0.3, 0.4) is 0 Å². The summed E-state index contributed by atoms with van der Waals surface area (Å²) >= 11 is 13.9. The Morgan fingerprint density at radius 2 is 2.14 bits per heavy atom. The summed E-state index contributed by atoms with van der Waals surface area (Å²) in [4.78, 5) is 21.5. The van der Waals surface area contributed by atoms with Crippen molar-refractivity contribution in [2.45, 2.75) is 6.92 Å². The van der Waals surface area contributed by atoms with Crippen LogP contribution in [0.15, 0.2) is 56.9 Å². The first-order chi connectivity index (χ1) is 13.5. The predicted molar refractivity (Wildman–Crippen MR) is 114 cm³/mol. The number of pyridine rings is 1. The van der Waals surface area contributed by atoms with Gasteiger partial charge in [0, 0.05) is 11.2 Å². The van der Waals surface area contributed by atoms with E-state index in [0.29, 0.717) is 32.5 Å². The van der Waals surface area contributed by atoms with Gasteiger partial charge >= 0.3 is 5.63 Å². The van der Waals surface area contributed by atoms with Crippen LogP contribution in [0.1, 0.15) is 11.5 Å². The Hall–Kier alpha value is -2.48. The second kappa shape index (κ2) is 7.50. The molecule has 0 saturated carbocycles. The van der Waals surface area contributed by atoms with Gasteiger partial charge in [-0.25, -0.2) is 19.8 Å². The molecule has 0 bridgehead atoms. The van der Waals surface area contributed by atoms with E-state index in [1.165, 1.54) is 11.8 Å². The number of nitrogens with zero attached hydrogens (tertiary/aromatic N) is 3. The van der Waals surface area contributed by atoms with E-state index in [2.05, 4.69) is 15.4 Å². The number of anilines is 1. The highest BCUT2D eigenvalue weighted by atomic mass is 35.5. The maximum absolute atomic E-state index is 12.6. The van der Waals surface area contributed by atoms with Gasteiger partial charge in [0.05, 0.1) is 21.6 Å². The number of aryl methyl sites for hydroxylation is 1. The molecule has 0 saturated heterocycles. The molecule has 0 amide bonds. The van der Waals surface area contributed by atoms with Gasteiger partial charge < -0.3 is 4.42 Å². The van der Waals surface area contributed by atoms with Gasteiger partial charge in [0.15, 0.2) is 5.82 Å². The zero-order valence-corrected chi connectivity index (χ0v) is 17.2. The van der Waals surface area contributed by atoms with Gasteiger partial charge in [-0.2, -0.15) is 0 Å². The van der Waals surface area contributed by atoms with E-state index in [1.807, 2.05) is 24.7 Å². The van der Waals surface area contributed by atoms with Gasteiger partial charge in [-0.1, -0.05) is 23.2 Å². The summed E-state index contributed by atoms with van der Waals surface area (Å²) in [7, 11) is 0. The highest BCUT2D eigenvalue weighted by Crippen LogP contribution is 2.33. The third-order valence-electron chi connectivity index (χ3n) is 4.08. The molecule has 28 heavy (non-hydrogen) atoms. The molecular formula is C19H14Cl2N4O2S. The van der Waals surface area contributed by atoms with Crippen LogP contribution in [-0.2, 0) is 0 Å². The minimum Gasteiger partial charge on any atom is -0.401 e. The standard InChI is InChI=1S/C19H14Cl2N4O2S/c1-10-6-11(20)7-13-16(10)23-18(27-19(13)26)15-8-12(9-28-2)24-25(15)17-14(21)4-3-5-22-17/h3-9,24H,1-2H3. The van der Waals surface area contributed by atoms with Gasteiger partial charge in [-0.15, -0.1) is 11.8 Å². The summed E-state index contributed by atoms with van der Waals surface area (Å²) in [5, 5.41) is 4.80. The van der Waals surface area contributed by atoms with Gasteiger partial charge in [0.2, 0.25) is 5.89 Å². The average Bonchev–Trinajstić information content (AvgIpc) is 3.07. The molecule has 0 unspecified atom stereocenters. The van der Waals surface area contributed by atoms with E-state index in [4.69, 9.17) is 27.6 Å². The van der Waals surface area contributed by atoms with Crippen molar-refractivity contribution >= 4 is 57.4 Å². The Balaban J connectivity index is 1.92. The molecule has 1 N–H and O–H groups in total. The number of nitrogens with one attached hydrogen (secondary N) is 1. The predicted octanol–water partition coefficient (Wildman–Crippen LogP) is 4.77. The van der Waals surface area contributed by atoms with Crippen LogP contribution >= 0.6 is 35.0 Å². The monoisotopic (exact) mass is 432 g/mol. The lowest BCUT2D eigenvalue weighted by Crippen LogP contribution is -2.31. The molecule has 0 spiro atoms. The molecule has 0 fully saturated rings. The molecule has 3 aromatic rings. The SMILES string of the molecule is CSC=C1C=C(c2nc3c(C)cc(Cl)cc3c(=O)o2)N(c2ncccc2Cl)N1. The molecule has 1 aliphatic rings. The molecule has 9 heteroatoms. The number of thioether (sulfide) groups is 1. The number of fused-ring (bicyclic) bond motifs is 1. The average molecular weight is 433 g/mol. The third-order valence-corrected chi connectivity index (χ3v) is 5.08. The lowest BCUT2D eigenvalue weighted by atomic mass is 10.1. The number of hydrogen-bond acceptors (Lipinski definition) is 7. The number of hydrazine groups is 1. The number of hydrogen-bond donors (Lipinski definition) is 1. The highest BCUT2D eigenvalue weighted by molar-refractivity contribution is 8.01. The van der Waals surface area contributed by atoms with Crippen LogP contribution in [0.4, 0.5) is 5.82 Å². The Bertz CT molecular complexity index is 1210.